The monoisotopic (exact) mass is 363 g/mol. The van der Waals surface area contributed by atoms with Crippen molar-refractivity contribution in [3.05, 3.63) is 51.1 Å². The quantitative estimate of drug-likeness (QED) is 0.821. The minimum atomic E-state index is -0.0693. The van der Waals surface area contributed by atoms with Gasteiger partial charge < -0.3 is 4.90 Å². The van der Waals surface area contributed by atoms with Crippen LogP contribution in [0.15, 0.2) is 40.0 Å². The number of hydrogen-bond acceptors (Lipinski definition) is 5. The molecule has 0 atom stereocenters. The molecule has 1 aliphatic heterocycles. The van der Waals surface area contributed by atoms with Crippen molar-refractivity contribution in [3.63, 3.8) is 0 Å². The van der Waals surface area contributed by atoms with E-state index in [1.807, 2.05) is 6.20 Å². The first kappa shape index (κ1) is 15.2. The van der Waals surface area contributed by atoms with Crippen LogP contribution in [0.1, 0.15) is 5.56 Å². The van der Waals surface area contributed by atoms with Gasteiger partial charge in [0.1, 0.15) is 0 Å². The number of anilines is 1. The molecular formula is C15H18BrN5O. The van der Waals surface area contributed by atoms with E-state index in [0.29, 0.717) is 0 Å². The van der Waals surface area contributed by atoms with Gasteiger partial charge in [-0.2, -0.15) is 5.10 Å². The third-order valence-electron chi connectivity index (χ3n) is 3.86. The fourth-order valence-electron chi connectivity index (χ4n) is 2.60. The molecule has 2 aromatic heterocycles. The van der Waals surface area contributed by atoms with Gasteiger partial charge in [0, 0.05) is 62.7 Å². The Morgan fingerprint density at radius 1 is 1.14 bits per heavy atom. The predicted molar refractivity (Wildman–Crippen MR) is 88.9 cm³/mol. The largest absolute Gasteiger partial charge is 0.368 e. The minimum absolute atomic E-state index is 0.0693. The number of hydrogen-bond donors (Lipinski definition) is 0. The summed E-state index contributed by atoms with van der Waals surface area (Å²) in [4.78, 5) is 20.5. The van der Waals surface area contributed by atoms with Crippen LogP contribution in [-0.2, 0) is 13.6 Å². The van der Waals surface area contributed by atoms with Crippen LogP contribution >= 0.6 is 15.9 Å². The first-order valence-electron chi connectivity index (χ1n) is 7.22. The summed E-state index contributed by atoms with van der Waals surface area (Å²) in [5, 5.41) is 4.09. The van der Waals surface area contributed by atoms with E-state index < -0.39 is 0 Å². The molecule has 0 amide bonds. The molecule has 0 spiro atoms. The highest BCUT2D eigenvalue weighted by Crippen LogP contribution is 2.16. The zero-order chi connectivity index (χ0) is 15.5. The molecular weight excluding hydrogens is 346 g/mol. The summed E-state index contributed by atoms with van der Waals surface area (Å²) >= 11 is 3.45. The normalized spacial score (nSPS) is 16.0. The fraction of sp³-hybridized carbons (Fsp3) is 0.400. The number of rotatable bonds is 3. The number of pyridine rings is 1. The molecule has 22 heavy (non-hydrogen) atoms. The van der Waals surface area contributed by atoms with E-state index in [2.05, 4.69) is 41.9 Å². The molecule has 0 aromatic carbocycles. The average molecular weight is 364 g/mol. The van der Waals surface area contributed by atoms with Crippen molar-refractivity contribution < 1.29 is 0 Å². The SMILES string of the molecule is Cn1ncc(N2CCN(Cc3cncc(Br)c3)CC2)cc1=O. The zero-order valence-electron chi connectivity index (χ0n) is 12.4. The predicted octanol–water partition coefficient (Wildman–Crippen LogP) is 1.26. The van der Waals surface area contributed by atoms with Gasteiger partial charge in [-0.05, 0) is 27.6 Å². The Kier molecular flexibility index (Phi) is 4.54. The van der Waals surface area contributed by atoms with Gasteiger partial charge in [-0.3, -0.25) is 14.7 Å². The van der Waals surface area contributed by atoms with E-state index in [0.717, 1.165) is 42.9 Å². The second kappa shape index (κ2) is 6.58. The molecule has 3 heterocycles. The molecule has 1 fully saturated rings. The number of nitrogens with zero attached hydrogens (tertiary/aromatic N) is 5. The van der Waals surface area contributed by atoms with Gasteiger partial charge in [-0.25, -0.2) is 4.68 Å². The second-order valence-electron chi connectivity index (χ2n) is 5.45. The van der Waals surface area contributed by atoms with Crippen LogP contribution in [0.5, 0.6) is 0 Å². The molecule has 0 aliphatic carbocycles. The highest BCUT2D eigenvalue weighted by molar-refractivity contribution is 9.10. The number of halogens is 1. The summed E-state index contributed by atoms with van der Waals surface area (Å²) in [6.07, 6.45) is 5.46. The summed E-state index contributed by atoms with van der Waals surface area (Å²) in [6, 6.07) is 3.76. The number of aromatic nitrogens is 3. The third kappa shape index (κ3) is 3.53. The van der Waals surface area contributed by atoms with E-state index in [1.165, 1.54) is 10.2 Å². The molecule has 0 N–H and O–H groups in total. The van der Waals surface area contributed by atoms with E-state index in [-0.39, 0.29) is 5.56 Å². The molecule has 0 unspecified atom stereocenters. The second-order valence-corrected chi connectivity index (χ2v) is 6.37. The van der Waals surface area contributed by atoms with Crippen LogP contribution in [0.2, 0.25) is 0 Å². The van der Waals surface area contributed by atoms with Crippen molar-refractivity contribution in [2.45, 2.75) is 6.54 Å². The van der Waals surface area contributed by atoms with Crippen molar-refractivity contribution in [1.82, 2.24) is 19.7 Å². The standard InChI is InChI=1S/C15H18BrN5O/c1-19-15(22)7-14(10-18-19)21-4-2-20(3-5-21)11-12-6-13(16)9-17-8-12/h6-10H,2-5,11H2,1H3. The Morgan fingerprint density at radius 2 is 1.91 bits per heavy atom. The maximum atomic E-state index is 11.7. The van der Waals surface area contributed by atoms with Crippen molar-refractivity contribution in [1.29, 1.82) is 0 Å². The summed E-state index contributed by atoms with van der Waals surface area (Å²) in [7, 11) is 1.66. The number of piperazine rings is 1. The zero-order valence-corrected chi connectivity index (χ0v) is 14.0. The van der Waals surface area contributed by atoms with Crippen LogP contribution in [0.25, 0.3) is 0 Å². The Hall–Kier alpha value is -1.73. The van der Waals surface area contributed by atoms with Crippen molar-refractivity contribution in [2.24, 2.45) is 7.05 Å². The first-order valence-corrected chi connectivity index (χ1v) is 8.01. The van der Waals surface area contributed by atoms with Crippen molar-refractivity contribution >= 4 is 21.6 Å². The van der Waals surface area contributed by atoms with E-state index in [4.69, 9.17) is 0 Å². The topological polar surface area (TPSA) is 54.3 Å². The Bertz CT molecular complexity index is 709. The molecule has 0 radical (unpaired) electrons. The van der Waals surface area contributed by atoms with Gasteiger partial charge >= 0.3 is 0 Å². The highest BCUT2D eigenvalue weighted by Gasteiger charge is 2.18. The molecule has 0 bridgehead atoms. The van der Waals surface area contributed by atoms with Gasteiger partial charge in [0.2, 0.25) is 0 Å². The molecule has 3 rings (SSSR count). The van der Waals surface area contributed by atoms with Crippen molar-refractivity contribution in [2.75, 3.05) is 31.1 Å². The lowest BCUT2D eigenvalue weighted by molar-refractivity contribution is 0.249. The fourth-order valence-corrected chi connectivity index (χ4v) is 3.01. The van der Waals surface area contributed by atoms with Gasteiger partial charge in [0.05, 0.1) is 11.9 Å². The smallest absolute Gasteiger partial charge is 0.268 e. The van der Waals surface area contributed by atoms with Gasteiger partial charge in [-0.15, -0.1) is 0 Å². The Labute approximate surface area is 137 Å². The van der Waals surface area contributed by atoms with E-state index in [1.54, 1.807) is 25.5 Å². The van der Waals surface area contributed by atoms with Gasteiger partial charge in [0.15, 0.2) is 0 Å². The summed E-state index contributed by atoms with van der Waals surface area (Å²) < 4.78 is 2.36. The molecule has 2 aromatic rings. The Morgan fingerprint density at radius 3 is 2.59 bits per heavy atom. The maximum Gasteiger partial charge on any atom is 0.268 e. The minimum Gasteiger partial charge on any atom is -0.368 e. The Balaban J connectivity index is 1.60. The van der Waals surface area contributed by atoms with Crippen LogP contribution < -0.4 is 10.5 Å². The summed E-state index contributed by atoms with van der Waals surface area (Å²) in [5.41, 5.74) is 2.05. The van der Waals surface area contributed by atoms with E-state index in [9.17, 15) is 4.79 Å². The van der Waals surface area contributed by atoms with Crippen molar-refractivity contribution in [3.8, 4) is 0 Å². The lowest BCUT2D eigenvalue weighted by Crippen LogP contribution is -2.46. The lowest BCUT2D eigenvalue weighted by Gasteiger charge is -2.35. The molecule has 7 heteroatoms. The van der Waals surface area contributed by atoms with Crippen LogP contribution in [0.3, 0.4) is 0 Å². The van der Waals surface area contributed by atoms with Crippen LogP contribution in [-0.4, -0.2) is 45.8 Å². The molecule has 1 saturated heterocycles. The summed E-state index contributed by atoms with van der Waals surface area (Å²) in [5.74, 6) is 0. The highest BCUT2D eigenvalue weighted by atomic mass is 79.9. The number of aryl methyl sites for hydroxylation is 1. The average Bonchev–Trinajstić information content (AvgIpc) is 2.51. The lowest BCUT2D eigenvalue weighted by atomic mass is 10.2. The first-order chi connectivity index (χ1) is 10.6. The molecule has 0 saturated carbocycles. The van der Waals surface area contributed by atoms with Crippen LogP contribution in [0, 0.1) is 0 Å². The van der Waals surface area contributed by atoms with E-state index >= 15 is 0 Å². The van der Waals surface area contributed by atoms with Gasteiger partial charge in [0.25, 0.3) is 5.56 Å². The summed E-state index contributed by atoms with van der Waals surface area (Å²) in [6.45, 7) is 4.62. The molecule has 116 valence electrons. The van der Waals surface area contributed by atoms with Crippen LogP contribution in [0.4, 0.5) is 5.69 Å². The molecule has 1 aliphatic rings. The molecule has 6 nitrogen and oxygen atoms in total. The maximum absolute atomic E-state index is 11.7. The third-order valence-corrected chi connectivity index (χ3v) is 4.29. The van der Waals surface area contributed by atoms with Gasteiger partial charge in [-0.1, -0.05) is 0 Å².